The van der Waals surface area contributed by atoms with Gasteiger partial charge < -0.3 is 15.0 Å². The molecule has 29 heavy (non-hydrogen) atoms. The molecular formula is C22H24FN3O3. The average Bonchev–Trinajstić information content (AvgIpc) is 2.72. The van der Waals surface area contributed by atoms with Crippen LogP contribution in [0.2, 0.25) is 0 Å². The lowest BCUT2D eigenvalue weighted by Gasteiger charge is -2.20. The number of amides is 1. The maximum absolute atomic E-state index is 14.4. The molecule has 1 unspecified atom stereocenters. The van der Waals surface area contributed by atoms with E-state index in [4.69, 9.17) is 16.1 Å². The number of likely N-dealkylation sites (N-methyl/N-ethyl adjacent to an activating group) is 1. The predicted octanol–water partition coefficient (Wildman–Crippen LogP) is 2.99. The molecule has 152 valence electrons. The lowest BCUT2D eigenvalue weighted by atomic mass is 9.96. The Labute approximate surface area is 170 Å². The highest BCUT2D eigenvalue weighted by Gasteiger charge is 2.23. The average molecular weight is 397 g/mol. The number of aryl methyl sites for hydroxylation is 1. The number of oxime groups is 1. The number of benzene rings is 2. The van der Waals surface area contributed by atoms with E-state index in [2.05, 4.69) is 21.9 Å². The van der Waals surface area contributed by atoms with E-state index >= 15 is 0 Å². The zero-order chi connectivity index (χ0) is 21.4. The van der Waals surface area contributed by atoms with Crippen LogP contribution in [-0.4, -0.2) is 25.8 Å². The Morgan fingerprint density at radius 2 is 2.03 bits per heavy atom. The number of halogens is 1. The normalized spacial score (nSPS) is 12.2. The van der Waals surface area contributed by atoms with Crippen molar-refractivity contribution in [3.63, 3.8) is 0 Å². The second-order valence-electron chi connectivity index (χ2n) is 6.27. The van der Waals surface area contributed by atoms with Gasteiger partial charge in [-0.15, -0.1) is 6.42 Å². The van der Waals surface area contributed by atoms with Crippen molar-refractivity contribution in [2.75, 3.05) is 14.2 Å². The van der Waals surface area contributed by atoms with Crippen molar-refractivity contribution in [1.82, 2.24) is 10.8 Å². The molecule has 2 aromatic carbocycles. The van der Waals surface area contributed by atoms with E-state index in [9.17, 15) is 9.18 Å². The molecule has 0 fully saturated rings. The van der Waals surface area contributed by atoms with E-state index in [1.54, 1.807) is 26.1 Å². The number of carbonyl (C=O) groups is 1. The summed E-state index contributed by atoms with van der Waals surface area (Å²) < 4.78 is 14.4. The van der Waals surface area contributed by atoms with Crippen molar-refractivity contribution >= 4 is 11.6 Å². The standard InChI is InChI=1S/C22H24FN3O3/c1-6-16-10-8-11-17(20(16)23)15(3)25-29-13-19-14(2)9-7-12-18(19)21(26-28-5)22(27)24-4/h1,7-12,21,26H,13H2,2-5H3,(H,24,27)/b25-15+. The molecule has 1 atom stereocenters. The summed E-state index contributed by atoms with van der Waals surface area (Å²) in [7, 11) is 2.99. The molecule has 0 saturated carbocycles. The number of terminal acetylenes is 1. The van der Waals surface area contributed by atoms with Crippen molar-refractivity contribution < 1.29 is 18.9 Å². The SMILES string of the molecule is C#Cc1cccc(/C(C)=N/OCc2c(C)cccc2C(NOC)C(=O)NC)c1F. The van der Waals surface area contributed by atoms with Crippen molar-refractivity contribution in [2.45, 2.75) is 26.5 Å². The molecule has 0 bridgehead atoms. The molecule has 0 aliphatic rings. The summed E-state index contributed by atoms with van der Waals surface area (Å²) in [6, 6.07) is 9.61. The third-order valence-corrected chi connectivity index (χ3v) is 4.46. The van der Waals surface area contributed by atoms with Crippen LogP contribution in [0.15, 0.2) is 41.6 Å². The van der Waals surface area contributed by atoms with Crippen LogP contribution in [0.25, 0.3) is 0 Å². The Bertz CT molecular complexity index is 951. The van der Waals surface area contributed by atoms with Gasteiger partial charge in [0.1, 0.15) is 18.5 Å². The predicted molar refractivity (Wildman–Crippen MR) is 109 cm³/mol. The summed E-state index contributed by atoms with van der Waals surface area (Å²) in [5.41, 5.74) is 5.87. The molecular weight excluding hydrogens is 373 g/mol. The lowest BCUT2D eigenvalue weighted by molar-refractivity contribution is -0.126. The van der Waals surface area contributed by atoms with Gasteiger partial charge >= 0.3 is 0 Å². The minimum absolute atomic E-state index is 0.0919. The molecule has 0 heterocycles. The number of nitrogens with one attached hydrogen (secondary N) is 2. The fourth-order valence-corrected chi connectivity index (χ4v) is 2.88. The van der Waals surface area contributed by atoms with Crippen LogP contribution < -0.4 is 10.8 Å². The highest BCUT2D eigenvalue weighted by molar-refractivity contribution is 5.98. The summed E-state index contributed by atoms with van der Waals surface area (Å²) in [4.78, 5) is 22.7. The van der Waals surface area contributed by atoms with Gasteiger partial charge in [-0.3, -0.25) is 4.79 Å². The quantitative estimate of drug-likeness (QED) is 0.408. The van der Waals surface area contributed by atoms with E-state index in [1.807, 2.05) is 25.1 Å². The Balaban J connectivity index is 2.28. The number of hydrogen-bond acceptors (Lipinski definition) is 5. The molecule has 1 amide bonds. The number of hydroxylamine groups is 1. The van der Waals surface area contributed by atoms with Gasteiger partial charge in [0.25, 0.3) is 0 Å². The number of hydrogen-bond donors (Lipinski definition) is 2. The van der Waals surface area contributed by atoms with Crippen molar-refractivity contribution in [3.8, 4) is 12.3 Å². The lowest BCUT2D eigenvalue weighted by Crippen LogP contribution is -2.36. The van der Waals surface area contributed by atoms with Gasteiger partial charge in [0.05, 0.1) is 18.4 Å². The highest BCUT2D eigenvalue weighted by Crippen LogP contribution is 2.23. The maximum Gasteiger partial charge on any atom is 0.243 e. The van der Waals surface area contributed by atoms with Crippen molar-refractivity contribution in [1.29, 1.82) is 0 Å². The number of nitrogens with zero attached hydrogens (tertiary/aromatic N) is 1. The molecule has 6 nitrogen and oxygen atoms in total. The summed E-state index contributed by atoms with van der Waals surface area (Å²) in [5, 5.41) is 6.63. The van der Waals surface area contributed by atoms with Gasteiger partial charge in [0.2, 0.25) is 5.91 Å². The van der Waals surface area contributed by atoms with Crippen LogP contribution in [0.1, 0.15) is 40.8 Å². The molecule has 2 rings (SSSR count). The third kappa shape index (κ3) is 5.19. The first-order chi connectivity index (χ1) is 13.9. The second kappa shape index (κ2) is 10.4. The molecule has 0 radical (unpaired) electrons. The Morgan fingerprint density at radius 1 is 1.31 bits per heavy atom. The molecule has 0 aliphatic carbocycles. The zero-order valence-electron chi connectivity index (χ0n) is 16.9. The van der Waals surface area contributed by atoms with Gasteiger partial charge in [-0.05, 0) is 37.1 Å². The fraction of sp³-hybridized carbons (Fsp3) is 0.273. The Kier molecular flexibility index (Phi) is 7.89. The number of carbonyl (C=O) groups excluding carboxylic acids is 1. The van der Waals surface area contributed by atoms with Gasteiger partial charge in [-0.1, -0.05) is 35.3 Å². The number of rotatable bonds is 8. The minimum atomic E-state index is -0.724. The third-order valence-electron chi connectivity index (χ3n) is 4.46. The maximum atomic E-state index is 14.4. The molecule has 0 aliphatic heterocycles. The zero-order valence-corrected chi connectivity index (χ0v) is 16.9. The first kappa shape index (κ1) is 22.1. The largest absolute Gasteiger partial charge is 0.391 e. The summed E-state index contributed by atoms with van der Waals surface area (Å²) in [5.74, 6) is 1.53. The second-order valence-corrected chi connectivity index (χ2v) is 6.27. The molecule has 0 saturated heterocycles. The Morgan fingerprint density at radius 3 is 2.69 bits per heavy atom. The molecule has 0 aromatic heterocycles. The van der Waals surface area contributed by atoms with Gasteiger partial charge in [0, 0.05) is 18.2 Å². The van der Waals surface area contributed by atoms with E-state index in [1.165, 1.54) is 13.2 Å². The highest BCUT2D eigenvalue weighted by atomic mass is 19.1. The van der Waals surface area contributed by atoms with Crippen LogP contribution in [0, 0.1) is 25.1 Å². The molecule has 7 heteroatoms. The molecule has 2 N–H and O–H groups in total. The van der Waals surface area contributed by atoms with Crippen LogP contribution >= 0.6 is 0 Å². The van der Waals surface area contributed by atoms with Crippen molar-refractivity contribution in [2.24, 2.45) is 5.16 Å². The van der Waals surface area contributed by atoms with Gasteiger partial charge in [-0.2, -0.15) is 5.48 Å². The van der Waals surface area contributed by atoms with E-state index < -0.39 is 11.9 Å². The minimum Gasteiger partial charge on any atom is -0.391 e. The monoisotopic (exact) mass is 397 g/mol. The Hall–Kier alpha value is -3.21. The first-order valence-corrected chi connectivity index (χ1v) is 8.95. The fourth-order valence-electron chi connectivity index (χ4n) is 2.88. The van der Waals surface area contributed by atoms with E-state index in [0.29, 0.717) is 11.3 Å². The summed E-state index contributed by atoms with van der Waals surface area (Å²) in [6.45, 7) is 3.63. The van der Waals surface area contributed by atoms with Crippen LogP contribution in [-0.2, 0) is 21.1 Å². The summed E-state index contributed by atoms with van der Waals surface area (Å²) >= 11 is 0. The van der Waals surface area contributed by atoms with Crippen LogP contribution in [0.4, 0.5) is 4.39 Å². The van der Waals surface area contributed by atoms with Crippen LogP contribution in [0.5, 0.6) is 0 Å². The van der Waals surface area contributed by atoms with Crippen LogP contribution in [0.3, 0.4) is 0 Å². The first-order valence-electron chi connectivity index (χ1n) is 8.95. The topological polar surface area (TPSA) is 71.9 Å². The molecule has 0 spiro atoms. The summed E-state index contributed by atoms with van der Waals surface area (Å²) in [6.07, 6.45) is 5.31. The van der Waals surface area contributed by atoms with Crippen molar-refractivity contribution in [3.05, 3.63) is 70.0 Å². The van der Waals surface area contributed by atoms with E-state index in [0.717, 1.165) is 11.1 Å². The van der Waals surface area contributed by atoms with Gasteiger partial charge in [-0.25, -0.2) is 4.39 Å². The van der Waals surface area contributed by atoms with E-state index in [-0.39, 0.29) is 23.6 Å². The smallest absolute Gasteiger partial charge is 0.243 e. The van der Waals surface area contributed by atoms with Gasteiger partial charge in [0.15, 0.2) is 0 Å². The molecule has 2 aromatic rings.